The maximum Gasteiger partial charge on any atom is 0.174 e. The first-order valence-electron chi connectivity index (χ1n) is 3.86. The Kier molecular flexibility index (Phi) is 2.40. The fourth-order valence-electron chi connectivity index (χ4n) is 1.01. The highest BCUT2D eigenvalue weighted by Gasteiger charge is 2.09. The molecule has 0 aliphatic carbocycles. The van der Waals surface area contributed by atoms with E-state index in [9.17, 15) is 0 Å². The van der Waals surface area contributed by atoms with Gasteiger partial charge in [-0.3, -0.25) is 0 Å². The van der Waals surface area contributed by atoms with Crippen molar-refractivity contribution in [1.29, 1.82) is 0 Å². The van der Waals surface area contributed by atoms with Crippen molar-refractivity contribution in [3.05, 3.63) is 23.5 Å². The van der Waals surface area contributed by atoms with Crippen LogP contribution in [-0.4, -0.2) is 31.8 Å². The number of rotatable bonds is 2. The minimum absolute atomic E-state index is 0.654. The minimum atomic E-state index is 0.654. The van der Waals surface area contributed by atoms with Crippen LogP contribution in [0.2, 0.25) is 0 Å². The molecule has 0 aliphatic heterocycles. The molecule has 2 aromatic rings. The lowest BCUT2D eigenvalue weighted by Gasteiger charge is -2.05. The zero-order chi connectivity index (χ0) is 9.97. The average molecular weight is 255 g/mol. The number of nitrogens with one attached hydrogen (secondary N) is 1. The molecule has 72 valence electrons. The Labute approximate surface area is 88.5 Å². The Morgan fingerprint density at radius 1 is 1.36 bits per heavy atom. The van der Waals surface area contributed by atoms with E-state index in [0.29, 0.717) is 11.6 Å². The van der Waals surface area contributed by atoms with Crippen molar-refractivity contribution in [2.24, 2.45) is 0 Å². The van der Waals surface area contributed by atoms with E-state index in [1.807, 2.05) is 0 Å². The maximum absolute atomic E-state index is 4.09. The molecular formula is C7H7BrN6. The highest BCUT2D eigenvalue weighted by Crippen LogP contribution is 2.23. The molecule has 0 spiro atoms. The monoisotopic (exact) mass is 254 g/mol. The van der Waals surface area contributed by atoms with Gasteiger partial charge in [-0.15, -0.1) is 0 Å². The van der Waals surface area contributed by atoms with Crippen molar-refractivity contribution >= 4 is 21.7 Å². The van der Waals surface area contributed by atoms with Crippen molar-refractivity contribution in [1.82, 2.24) is 24.7 Å². The molecule has 0 fully saturated rings. The number of anilines is 1. The summed E-state index contributed by atoms with van der Waals surface area (Å²) < 4.78 is 2.32. The number of hydrogen-bond acceptors (Lipinski definition) is 5. The molecule has 0 radical (unpaired) electrons. The summed E-state index contributed by atoms with van der Waals surface area (Å²) in [7, 11) is 1.79. The molecular weight excluding hydrogens is 248 g/mol. The molecule has 14 heavy (non-hydrogen) atoms. The van der Waals surface area contributed by atoms with E-state index in [-0.39, 0.29) is 0 Å². The molecule has 7 heteroatoms. The van der Waals surface area contributed by atoms with E-state index in [1.165, 1.54) is 12.7 Å². The Bertz CT molecular complexity index is 426. The van der Waals surface area contributed by atoms with Gasteiger partial charge >= 0.3 is 0 Å². The summed E-state index contributed by atoms with van der Waals surface area (Å²) in [5.41, 5.74) is 0. The molecule has 6 nitrogen and oxygen atoms in total. The van der Waals surface area contributed by atoms with Crippen LogP contribution in [0.15, 0.2) is 23.5 Å². The van der Waals surface area contributed by atoms with Crippen LogP contribution in [0.4, 0.5) is 5.82 Å². The zero-order valence-electron chi connectivity index (χ0n) is 7.35. The van der Waals surface area contributed by atoms with E-state index < -0.39 is 0 Å². The highest BCUT2D eigenvalue weighted by molar-refractivity contribution is 9.10. The summed E-state index contributed by atoms with van der Waals surface area (Å²) in [6, 6.07) is 0. The van der Waals surface area contributed by atoms with Crippen LogP contribution in [0.1, 0.15) is 0 Å². The summed E-state index contributed by atoms with van der Waals surface area (Å²) in [6.45, 7) is 0. The summed E-state index contributed by atoms with van der Waals surface area (Å²) in [5.74, 6) is 1.37. The van der Waals surface area contributed by atoms with Gasteiger partial charge in [0, 0.05) is 7.05 Å². The van der Waals surface area contributed by atoms with Crippen LogP contribution in [0.25, 0.3) is 5.82 Å². The number of nitrogens with zero attached hydrogens (tertiary/aromatic N) is 5. The predicted octanol–water partition coefficient (Wildman–Crippen LogP) is 0.862. The lowest BCUT2D eigenvalue weighted by atomic mass is 10.5. The molecule has 2 heterocycles. The Morgan fingerprint density at radius 3 is 2.86 bits per heavy atom. The molecule has 0 aromatic carbocycles. The van der Waals surface area contributed by atoms with Crippen molar-refractivity contribution in [3.63, 3.8) is 0 Å². The second kappa shape index (κ2) is 3.70. The van der Waals surface area contributed by atoms with Crippen molar-refractivity contribution < 1.29 is 0 Å². The number of halogens is 1. The average Bonchev–Trinajstić information content (AvgIpc) is 2.71. The van der Waals surface area contributed by atoms with Gasteiger partial charge in [-0.05, 0) is 15.9 Å². The number of aromatic nitrogens is 5. The minimum Gasteiger partial charge on any atom is -0.372 e. The first-order valence-corrected chi connectivity index (χ1v) is 4.65. The van der Waals surface area contributed by atoms with Gasteiger partial charge in [0.25, 0.3) is 0 Å². The smallest absolute Gasteiger partial charge is 0.174 e. The van der Waals surface area contributed by atoms with E-state index in [2.05, 4.69) is 41.3 Å². The van der Waals surface area contributed by atoms with Crippen LogP contribution in [0, 0.1) is 0 Å². The quantitative estimate of drug-likeness (QED) is 0.861. The van der Waals surface area contributed by atoms with Gasteiger partial charge < -0.3 is 5.32 Å². The Morgan fingerprint density at radius 2 is 2.21 bits per heavy atom. The zero-order valence-corrected chi connectivity index (χ0v) is 8.93. The topological polar surface area (TPSA) is 68.5 Å². The first kappa shape index (κ1) is 9.07. The van der Waals surface area contributed by atoms with E-state index in [4.69, 9.17) is 0 Å². The van der Waals surface area contributed by atoms with Gasteiger partial charge in [0.2, 0.25) is 0 Å². The van der Waals surface area contributed by atoms with E-state index in [0.717, 1.165) is 4.47 Å². The van der Waals surface area contributed by atoms with Crippen LogP contribution in [0.3, 0.4) is 0 Å². The predicted molar refractivity (Wildman–Crippen MR) is 54.2 cm³/mol. The second-order valence-corrected chi connectivity index (χ2v) is 3.24. The number of hydrogen-bond donors (Lipinski definition) is 1. The summed E-state index contributed by atoms with van der Waals surface area (Å²) in [4.78, 5) is 12.0. The fourth-order valence-corrected chi connectivity index (χ4v) is 1.60. The van der Waals surface area contributed by atoms with Gasteiger partial charge in [-0.25, -0.2) is 19.6 Å². The maximum atomic E-state index is 4.09. The fraction of sp³-hybridized carbons (Fsp3) is 0.143. The molecule has 1 N–H and O–H groups in total. The third-order valence-electron chi connectivity index (χ3n) is 1.64. The second-order valence-electron chi connectivity index (χ2n) is 2.45. The van der Waals surface area contributed by atoms with Gasteiger partial charge in [0.1, 0.15) is 29.3 Å². The third kappa shape index (κ3) is 1.46. The lowest BCUT2D eigenvalue weighted by molar-refractivity contribution is 0.832. The molecule has 0 atom stereocenters. The van der Waals surface area contributed by atoms with Crippen LogP contribution < -0.4 is 5.32 Å². The van der Waals surface area contributed by atoms with Gasteiger partial charge in [-0.1, -0.05) is 0 Å². The van der Waals surface area contributed by atoms with Crippen molar-refractivity contribution in [3.8, 4) is 5.82 Å². The molecule has 0 unspecified atom stereocenters. The SMILES string of the molecule is CNc1ncnc(-n2cncn2)c1Br. The summed E-state index contributed by atoms with van der Waals surface area (Å²) in [6.07, 6.45) is 4.49. The summed E-state index contributed by atoms with van der Waals surface area (Å²) >= 11 is 3.39. The van der Waals surface area contributed by atoms with Crippen LogP contribution in [-0.2, 0) is 0 Å². The Hall–Kier alpha value is -1.50. The largest absolute Gasteiger partial charge is 0.372 e. The van der Waals surface area contributed by atoms with Gasteiger partial charge in [-0.2, -0.15) is 5.10 Å². The molecule has 2 aromatic heterocycles. The highest BCUT2D eigenvalue weighted by atomic mass is 79.9. The first-order chi connectivity index (χ1) is 6.83. The van der Waals surface area contributed by atoms with Crippen LogP contribution >= 0.6 is 15.9 Å². The summed E-state index contributed by atoms with van der Waals surface area (Å²) in [5, 5.41) is 6.92. The molecule has 0 amide bonds. The van der Waals surface area contributed by atoms with Gasteiger partial charge in [0.05, 0.1) is 0 Å². The van der Waals surface area contributed by atoms with E-state index >= 15 is 0 Å². The van der Waals surface area contributed by atoms with E-state index in [1.54, 1.807) is 18.1 Å². The molecule has 2 rings (SSSR count). The molecule has 0 saturated carbocycles. The van der Waals surface area contributed by atoms with Crippen LogP contribution in [0.5, 0.6) is 0 Å². The normalized spacial score (nSPS) is 10.1. The lowest BCUT2D eigenvalue weighted by Crippen LogP contribution is -2.03. The Balaban J connectivity index is 2.54. The van der Waals surface area contributed by atoms with Crippen molar-refractivity contribution in [2.45, 2.75) is 0 Å². The molecule has 0 aliphatic rings. The molecule has 0 bridgehead atoms. The molecule has 0 saturated heterocycles. The van der Waals surface area contributed by atoms with Gasteiger partial charge in [0.15, 0.2) is 5.82 Å². The van der Waals surface area contributed by atoms with Crippen molar-refractivity contribution in [2.75, 3.05) is 12.4 Å². The third-order valence-corrected chi connectivity index (χ3v) is 2.37. The standard InChI is InChI=1S/C7H7BrN6/c1-9-6-5(8)7(12-3-11-6)14-4-10-2-13-14/h2-4H,1H3,(H,9,11,12).